The first-order valence-corrected chi connectivity index (χ1v) is 12.2. The first kappa shape index (κ1) is 26.6. The van der Waals surface area contributed by atoms with Crippen molar-refractivity contribution in [2.24, 2.45) is 0 Å². The number of anilines is 3. The highest BCUT2D eigenvalue weighted by Crippen LogP contribution is 2.31. The standard InChI is InChI=1S/C28H23ClFN3O5/c1-2-3-15-38-28(37)17-11-13-19(14-12-17)32-25(34)18-7-6-8-20(16-18)31-24-23(29)26(35)33(27(24)36)22-10-5-4-9-21(22)30/h4-14,16,31H,2-3,15H2,1H3,(H,32,34). The molecule has 8 nitrogen and oxygen atoms in total. The third kappa shape index (κ3) is 5.73. The smallest absolute Gasteiger partial charge is 0.338 e. The molecule has 38 heavy (non-hydrogen) atoms. The van der Waals surface area contributed by atoms with Crippen LogP contribution in [0.4, 0.5) is 21.5 Å². The largest absolute Gasteiger partial charge is 0.462 e. The normalized spacial score (nSPS) is 13.1. The number of para-hydroxylation sites is 1. The predicted molar refractivity (Wildman–Crippen MR) is 141 cm³/mol. The number of unbranched alkanes of at least 4 members (excludes halogenated alkanes) is 1. The van der Waals surface area contributed by atoms with Crippen LogP contribution in [0.2, 0.25) is 0 Å². The van der Waals surface area contributed by atoms with Crippen LogP contribution in [0.5, 0.6) is 0 Å². The summed E-state index contributed by atoms with van der Waals surface area (Å²) in [6.07, 6.45) is 1.70. The number of imide groups is 1. The van der Waals surface area contributed by atoms with Gasteiger partial charge in [-0.2, -0.15) is 0 Å². The van der Waals surface area contributed by atoms with Gasteiger partial charge in [-0.05, 0) is 61.0 Å². The number of amides is 3. The van der Waals surface area contributed by atoms with E-state index in [1.54, 1.807) is 42.5 Å². The van der Waals surface area contributed by atoms with Gasteiger partial charge in [-0.15, -0.1) is 0 Å². The van der Waals surface area contributed by atoms with Crippen LogP contribution in [0.25, 0.3) is 0 Å². The molecule has 0 saturated heterocycles. The molecule has 0 atom stereocenters. The Labute approximate surface area is 223 Å². The molecule has 0 spiro atoms. The lowest BCUT2D eigenvalue weighted by atomic mass is 10.1. The lowest BCUT2D eigenvalue weighted by Crippen LogP contribution is -2.33. The highest BCUT2D eigenvalue weighted by Gasteiger charge is 2.40. The summed E-state index contributed by atoms with van der Waals surface area (Å²) >= 11 is 6.12. The van der Waals surface area contributed by atoms with Crippen LogP contribution in [0.3, 0.4) is 0 Å². The molecule has 3 amide bonds. The Bertz CT molecular complexity index is 1440. The van der Waals surface area contributed by atoms with E-state index in [1.807, 2.05) is 6.92 Å². The highest BCUT2D eigenvalue weighted by atomic mass is 35.5. The van der Waals surface area contributed by atoms with Gasteiger partial charge in [0.2, 0.25) is 0 Å². The molecule has 1 heterocycles. The summed E-state index contributed by atoms with van der Waals surface area (Å²) in [7, 11) is 0. The average molecular weight is 536 g/mol. The molecular formula is C28H23ClFN3O5. The first-order chi connectivity index (χ1) is 18.3. The predicted octanol–water partition coefficient (Wildman–Crippen LogP) is 5.47. The van der Waals surface area contributed by atoms with Gasteiger partial charge in [-0.25, -0.2) is 14.1 Å². The minimum atomic E-state index is -0.865. The van der Waals surface area contributed by atoms with Crippen molar-refractivity contribution >= 4 is 52.4 Å². The van der Waals surface area contributed by atoms with Crippen molar-refractivity contribution in [3.05, 3.63) is 100 Å². The average Bonchev–Trinajstić information content (AvgIpc) is 3.12. The van der Waals surface area contributed by atoms with Crippen LogP contribution in [0.1, 0.15) is 40.5 Å². The minimum Gasteiger partial charge on any atom is -0.462 e. The van der Waals surface area contributed by atoms with Crippen molar-refractivity contribution < 1.29 is 28.3 Å². The topological polar surface area (TPSA) is 105 Å². The molecule has 0 radical (unpaired) electrons. The van der Waals surface area contributed by atoms with E-state index < -0.39 is 34.5 Å². The molecule has 3 aromatic rings. The number of rotatable bonds is 9. The summed E-state index contributed by atoms with van der Waals surface area (Å²) in [6, 6.07) is 17.8. The Hall–Kier alpha value is -4.50. The van der Waals surface area contributed by atoms with Gasteiger partial charge in [0, 0.05) is 16.9 Å². The number of benzene rings is 3. The van der Waals surface area contributed by atoms with Gasteiger partial charge in [0.05, 0.1) is 17.9 Å². The molecule has 0 unspecified atom stereocenters. The van der Waals surface area contributed by atoms with E-state index in [0.717, 1.165) is 18.9 Å². The van der Waals surface area contributed by atoms with Crippen molar-refractivity contribution in [1.29, 1.82) is 0 Å². The van der Waals surface area contributed by atoms with E-state index in [4.69, 9.17) is 16.3 Å². The fourth-order valence-electron chi connectivity index (χ4n) is 3.63. The lowest BCUT2D eigenvalue weighted by Gasteiger charge is -2.15. The molecule has 0 fully saturated rings. The maximum absolute atomic E-state index is 14.2. The van der Waals surface area contributed by atoms with Gasteiger partial charge in [-0.1, -0.05) is 43.1 Å². The Morgan fingerprint density at radius 2 is 1.66 bits per heavy atom. The van der Waals surface area contributed by atoms with Crippen LogP contribution < -0.4 is 15.5 Å². The SMILES string of the molecule is CCCCOC(=O)c1ccc(NC(=O)c2cccc(NC3=C(Cl)C(=O)N(c4ccccc4F)C3=O)c2)cc1. The van der Waals surface area contributed by atoms with Gasteiger partial charge in [0.25, 0.3) is 17.7 Å². The summed E-state index contributed by atoms with van der Waals surface area (Å²) < 4.78 is 19.4. The van der Waals surface area contributed by atoms with Crippen molar-refractivity contribution in [1.82, 2.24) is 0 Å². The second-order valence-corrected chi connectivity index (χ2v) is 8.69. The number of hydrogen-bond donors (Lipinski definition) is 2. The van der Waals surface area contributed by atoms with E-state index in [1.165, 1.54) is 24.3 Å². The molecule has 0 aliphatic carbocycles. The van der Waals surface area contributed by atoms with Gasteiger partial charge in [0.1, 0.15) is 16.5 Å². The summed E-state index contributed by atoms with van der Waals surface area (Å²) in [5.41, 5.74) is 0.937. The van der Waals surface area contributed by atoms with Crippen LogP contribution in [-0.2, 0) is 14.3 Å². The van der Waals surface area contributed by atoms with Crippen LogP contribution in [0.15, 0.2) is 83.5 Å². The number of carbonyl (C=O) groups is 4. The van der Waals surface area contributed by atoms with Crippen LogP contribution in [-0.4, -0.2) is 30.3 Å². The number of esters is 1. The summed E-state index contributed by atoms with van der Waals surface area (Å²) in [6.45, 7) is 2.35. The van der Waals surface area contributed by atoms with Crippen LogP contribution >= 0.6 is 11.6 Å². The van der Waals surface area contributed by atoms with Gasteiger partial charge in [-0.3, -0.25) is 14.4 Å². The van der Waals surface area contributed by atoms with E-state index in [0.29, 0.717) is 28.4 Å². The van der Waals surface area contributed by atoms with E-state index in [-0.39, 0.29) is 16.9 Å². The third-order valence-electron chi connectivity index (χ3n) is 5.62. The number of hydrogen-bond acceptors (Lipinski definition) is 6. The molecule has 1 aliphatic rings. The van der Waals surface area contributed by atoms with E-state index in [2.05, 4.69) is 10.6 Å². The third-order valence-corrected chi connectivity index (χ3v) is 5.97. The zero-order valence-corrected chi connectivity index (χ0v) is 21.0. The van der Waals surface area contributed by atoms with E-state index >= 15 is 0 Å². The highest BCUT2D eigenvalue weighted by molar-refractivity contribution is 6.53. The Kier molecular flexibility index (Phi) is 8.18. The number of nitrogens with zero attached hydrogens (tertiary/aromatic N) is 1. The first-order valence-electron chi connectivity index (χ1n) is 11.8. The van der Waals surface area contributed by atoms with Gasteiger partial charge in [0.15, 0.2) is 0 Å². The van der Waals surface area contributed by atoms with Crippen molar-refractivity contribution in [3.63, 3.8) is 0 Å². The summed E-state index contributed by atoms with van der Waals surface area (Å²) in [5.74, 6) is -3.32. The molecular weight excluding hydrogens is 513 g/mol. The zero-order valence-electron chi connectivity index (χ0n) is 20.3. The molecule has 0 saturated carbocycles. The number of ether oxygens (including phenoxy) is 1. The maximum atomic E-state index is 14.2. The number of halogens is 2. The molecule has 4 rings (SSSR count). The van der Waals surface area contributed by atoms with Crippen molar-refractivity contribution in [3.8, 4) is 0 Å². The number of carbonyl (C=O) groups excluding carboxylic acids is 4. The molecule has 3 aromatic carbocycles. The fraction of sp³-hybridized carbons (Fsp3) is 0.143. The Morgan fingerprint density at radius 1 is 0.921 bits per heavy atom. The van der Waals surface area contributed by atoms with Crippen molar-refractivity contribution in [2.75, 3.05) is 22.1 Å². The summed E-state index contributed by atoms with van der Waals surface area (Å²) in [4.78, 5) is 51.0. The monoisotopic (exact) mass is 535 g/mol. The molecule has 1 aliphatic heterocycles. The zero-order chi connectivity index (χ0) is 27.2. The molecule has 10 heteroatoms. The lowest BCUT2D eigenvalue weighted by molar-refractivity contribution is -0.120. The second-order valence-electron chi connectivity index (χ2n) is 8.31. The number of nitrogens with one attached hydrogen (secondary N) is 2. The molecule has 0 aromatic heterocycles. The molecule has 2 N–H and O–H groups in total. The quantitative estimate of drug-likeness (QED) is 0.214. The Morgan fingerprint density at radius 3 is 2.37 bits per heavy atom. The second kappa shape index (κ2) is 11.7. The summed E-state index contributed by atoms with van der Waals surface area (Å²) in [5, 5.41) is 5.10. The maximum Gasteiger partial charge on any atom is 0.338 e. The molecule has 0 bridgehead atoms. The van der Waals surface area contributed by atoms with E-state index in [9.17, 15) is 23.6 Å². The van der Waals surface area contributed by atoms with Gasteiger partial charge < -0.3 is 15.4 Å². The van der Waals surface area contributed by atoms with Gasteiger partial charge >= 0.3 is 5.97 Å². The molecule has 194 valence electrons. The Balaban J connectivity index is 1.44. The van der Waals surface area contributed by atoms with Crippen LogP contribution in [0, 0.1) is 5.82 Å². The van der Waals surface area contributed by atoms with Crippen molar-refractivity contribution in [2.45, 2.75) is 19.8 Å². The fourth-order valence-corrected chi connectivity index (χ4v) is 3.84. The minimum absolute atomic E-state index is 0.217.